The number of nitrogens with zero attached hydrogens (tertiary/aromatic N) is 2. The Labute approximate surface area is 177 Å². The summed E-state index contributed by atoms with van der Waals surface area (Å²) in [6, 6.07) is 8.69. The molecule has 1 N–H and O–H groups in total. The van der Waals surface area contributed by atoms with E-state index in [0.29, 0.717) is 17.0 Å². The molecule has 31 heavy (non-hydrogen) atoms. The molecule has 164 valence electrons. The highest BCUT2D eigenvalue weighted by Gasteiger charge is 2.30. The van der Waals surface area contributed by atoms with Crippen molar-refractivity contribution in [2.24, 2.45) is 0 Å². The monoisotopic (exact) mass is 451 g/mol. The van der Waals surface area contributed by atoms with E-state index in [1.54, 1.807) is 6.33 Å². The summed E-state index contributed by atoms with van der Waals surface area (Å²) in [7, 11) is -2.39. The second kappa shape index (κ2) is 8.01. The van der Waals surface area contributed by atoms with Gasteiger partial charge in [0.05, 0.1) is 22.5 Å². The van der Waals surface area contributed by atoms with Crippen molar-refractivity contribution in [3.63, 3.8) is 0 Å². The van der Waals surface area contributed by atoms with Crippen LogP contribution < -0.4 is 9.46 Å². The highest BCUT2D eigenvalue weighted by molar-refractivity contribution is 7.89. The molecule has 6 nitrogen and oxygen atoms in total. The van der Waals surface area contributed by atoms with Crippen LogP contribution in [0.5, 0.6) is 11.5 Å². The van der Waals surface area contributed by atoms with E-state index >= 15 is 0 Å². The summed E-state index contributed by atoms with van der Waals surface area (Å²) in [5, 5.41) is 0. The second-order valence-corrected chi connectivity index (χ2v) is 9.07. The van der Waals surface area contributed by atoms with Crippen LogP contribution in [0.3, 0.4) is 0 Å². The molecule has 0 amide bonds. The molecule has 1 aliphatic heterocycles. The summed E-state index contributed by atoms with van der Waals surface area (Å²) < 4.78 is 73.3. The van der Waals surface area contributed by atoms with Crippen molar-refractivity contribution in [1.29, 1.82) is 0 Å². The van der Waals surface area contributed by atoms with Gasteiger partial charge in [0.2, 0.25) is 10.0 Å². The van der Waals surface area contributed by atoms with Crippen molar-refractivity contribution in [3.8, 4) is 22.8 Å². The van der Waals surface area contributed by atoms with Crippen molar-refractivity contribution in [1.82, 2.24) is 14.3 Å². The zero-order valence-electron chi connectivity index (χ0n) is 16.6. The summed E-state index contributed by atoms with van der Waals surface area (Å²) in [4.78, 5) is 4.53. The summed E-state index contributed by atoms with van der Waals surface area (Å²) in [6.45, 7) is 0.825. The summed E-state index contributed by atoms with van der Waals surface area (Å²) in [6.07, 6.45) is 0.0829. The van der Waals surface area contributed by atoms with Gasteiger partial charge in [0, 0.05) is 17.8 Å². The van der Waals surface area contributed by atoms with Gasteiger partial charge >= 0.3 is 6.18 Å². The number of benzene rings is 2. The molecule has 1 aliphatic rings. The zero-order chi connectivity index (χ0) is 22.2. The number of aromatic nitrogens is 2. The van der Waals surface area contributed by atoms with Crippen molar-refractivity contribution in [2.75, 3.05) is 7.05 Å². The minimum absolute atomic E-state index is 0.0438. The first kappa shape index (κ1) is 21.4. The Morgan fingerprint density at radius 1 is 1.10 bits per heavy atom. The molecule has 0 fully saturated rings. The number of alkyl halides is 3. The number of aryl methyl sites for hydroxylation is 1. The van der Waals surface area contributed by atoms with Gasteiger partial charge in [-0.2, -0.15) is 13.2 Å². The van der Waals surface area contributed by atoms with Gasteiger partial charge in [-0.3, -0.25) is 0 Å². The van der Waals surface area contributed by atoms with Crippen LogP contribution in [0.2, 0.25) is 0 Å². The van der Waals surface area contributed by atoms with E-state index in [1.165, 1.54) is 37.4 Å². The van der Waals surface area contributed by atoms with Gasteiger partial charge in [0.1, 0.15) is 11.5 Å². The molecule has 0 unspecified atom stereocenters. The summed E-state index contributed by atoms with van der Waals surface area (Å²) in [5.41, 5.74) is 1.27. The van der Waals surface area contributed by atoms with E-state index in [9.17, 15) is 21.6 Å². The number of ether oxygens (including phenoxy) is 1. The summed E-state index contributed by atoms with van der Waals surface area (Å²) in [5.74, 6) is 0.508. The third kappa shape index (κ3) is 4.31. The lowest BCUT2D eigenvalue weighted by atomic mass is 10.0. The van der Waals surface area contributed by atoms with Crippen LogP contribution in [0.15, 0.2) is 53.7 Å². The average molecular weight is 451 g/mol. The molecule has 2 heterocycles. The van der Waals surface area contributed by atoms with Crippen LogP contribution in [-0.2, 0) is 29.2 Å². The topological polar surface area (TPSA) is 73.2 Å². The number of fused-ring (bicyclic) bond motifs is 1. The first-order chi connectivity index (χ1) is 14.7. The van der Waals surface area contributed by atoms with Gasteiger partial charge in [0.25, 0.3) is 0 Å². The van der Waals surface area contributed by atoms with Crippen LogP contribution in [0.25, 0.3) is 11.3 Å². The highest BCUT2D eigenvalue weighted by atomic mass is 32.2. The Bertz CT molecular complexity index is 1200. The maximum absolute atomic E-state index is 12.8. The maximum atomic E-state index is 12.8. The molecule has 0 saturated carbocycles. The molecular weight excluding hydrogens is 431 g/mol. The minimum atomic E-state index is -4.44. The SMILES string of the molecule is CNS(=O)(=O)c1ccc(Oc2ccc(C(F)(F)F)cc2)c(-c2ncn3c2CCCC3)c1. The Kier molecular flexibility index (Phi) is 5.52. The zero-order valence-corrected chi connectivity index (χ0v) is 17.4. The Morgan fingerprint density at radius 2 is 1.84 bits per heavy atom. The van der Waals surface area contributed by atoms with E-state index in [2.05, 4.69) is 9.71 Å². The Hall–Kier alpha value is -2.85. The fourth-order valence-electron chi connectivity index (χ4n) is 3.57. The molecule has 0 radical (unpaired) electrons. The van der Waals surface area contributed by atoms with Crippen LogP contribution in [-0.4, -0.2) is 25.0 Å². The smallest absolute Gasteiger partial charge is 0.416 e. The number of sulfonamides is 1. The highest BCUT2D eigenvalue weighted by Crippen LogP contribution is 2.38. The van der Waals surface area contributed by atoms with Gasteiger partial charge in [-0.15, -0.1) is 0 Å². The molecule has 0 aliphatic carbocycles. The lowest BCUT2D eigenvalue weighted by molar-refractivity contribution is -0.137. The van der Waals surface area contributed by atoms with E-state index in [4.69, 9.17) is 4.74 Å². The molecule has 0 atom stereocenters. The minimum Gasteiger partial charge on any atom is -0.457 e. The lowest BCUT2D eigenvalue weighted by Crippen LogP contribution is -2.18. The molecule has 3 aromatic rings. The van der Waals surface area contributed by atoms with E-state index in [0.717, 1.165) is 43.6 Å². The van der Waals surface area contributed by atoms with Gasteiger partial charge in [-0.25, -0.2) is 18.1 Å². The molecule has 4 rings (SSSR count). The third-order valence-corrected chi connectivity index (χ3v) is 6.62. The van der Waals surface area contributed by atoms with Crippen LogP contribution in [0.1, 0.15) is 24.1 Å². The molecule has 10 heteroatoms. The number of hydrogen-bond acceptors (Lipinski definition) is 4. The van der Waals surface area contributed by atoms with Crippen molar-refractivity contribution in [3.05, 3.63) is 60.0 Å². The van der Waals surface area contributed by atoms with Crippen LogP contribution >= 0.6 is 0 Å². The lowest BCUT2D eigenvalue weighted by Gasteiger charge is -2.17. The van der Waals surface area contributed by atoms with Crippen molar-refractivity contribution >= 4 is 10.0 Å². The number of rotatable bonds is 5. The fraction of sp³-hybridized carbons (Fsp3) is 0.286. The predicted octanol–water partition coefficient (Wildman–Crippen LogP) is 4.61. The van der Waals surface area contributed by atoms with Gasteiger partial charge < -0.3 is 9.30 Å². The first-order valence-corrected chi connectivity index (χ1v) is 11.1. The quantitative estimate of drug-likeness (QED) is 0.615. The molecule has 0 saturated heterocycles. The van der Waals surface area contributed by atoms with E-state index < -0.39 is 21.8 Å². The fourth-order valence-corrected chi connectivity index (χ4v) is 4.32. The average Bonchev–Trinajstić information content (AvgIpc) is 3.18. The molecule has 1 aromatic heterocycles. The third-order valence-electron chi connectivity index (χ3n) is 5.20. The molecule has 0 bridgehead atoms. The van der Waals surface area contributed by atoms with Gasteiger partial charge in [0.15, 0.2) is 0 Å². The molecule has 2 aromatic carbocycles. The Balaban J connectivity index is 1.78. The van der Waals surface area contributed by atoms with Crippen molar-refractivity contribution < 1.29 is 26.3 Å². The predicted molar refractivity (Wildman–Crippen MR) is 108 cm³/mol. The Morgan fingerprint density at radius 3 is 2.52 bits per heavy atom. The molecule has 0 spiro atoms. The van der Waals surface area contributed by atoms with Crippen LogP contribution in [0.4, 0.5) is 13.2 Å². The second-order valence-electron chi connectivity index (χ2n) is 7.18. The molecular formula is C21H20F3N3O3S. The number of hydrogen-bond donors (Lipinski definition) is 1. The summed E-state index contributed by atoms with van der Waals surface area (Å²) >= 11 is 0. The maximum Gasteiger partial charge on any atom is 0.416 e. The first-order valence-electron chi connectivity index (χ1n) is 9.66. The van der Waals surface area contributed by atoms with Gasteiger partial charge in [-0.05, 0) is 68.8 Å². The number of nitrogens with one attached hydrogen (secondary N) is 1. The van der Waals surface area contributed by atoms with E-state index in [1.807, 2.05) is 4.57 Å². The largest absolute Gasteiger partial charge is 0.457 e. The number of imidazole rings is 1. The van der Waals surface area contributed by atoms with Gasteiger partial charge in [-0.1, -0.05) is 0 Å². The van der Waals surface area contributed by atoms with E-state index in [-0.39, 0.29) is 10.6 Å². The van der Waals surface area contributed by atoms with Crippen LogP contribution in [0, 0.1) is 0 Å². The number of halogens is 3. The van der Waals surface area contributed by atoms with Crippen molar-refractivity contribution in [2.45, 2.75) is 36.9 Å². The standard InChI is InChI=1S/C21H20F3N3O3S/c1-25-31(28,29)16-9-10-19(30-15-7-5-14(6-8-15)21(22,23)24)17(12-16)20-18-4-2-3-11-27(18)13-26-20/h5-10,12-13,25H,2-4,11H2,1H3. The normalized spacial score (nSPS) is 14.3.